The minimum absolute atomic E-state index is 0.0447. The van der Waals surface area contributed by atoms with Crippen molar-refractivity contribution in [2.75, 3.05) is 0 Å². The average molecular weight is 292 g/mol. The molecule has 0 saturated heterocycles. The third-order valence-electron chi connectivity index (χ3n) is 2.55. The Balaban J connectivity index is 2.13. The van der Waals surface area contributed by atoms with E-state index in [4.69, 9.17) is 14.4 Å². The van der Waals surface area contributed by atoms with Crippen LogP contribution < -0.4 is 4.74 Å². The molecule has 0 radical (unpaired) electrons. The lowest BCUT2D eigenvalue weighted by Gasteiger charge is -2.07. The Morgan fingerprint density at radius 1 is 1.52 bits per heavy atom. The summed E-state index contributed by atoms with van der Waals surface area (Å²) in [5.74, 6) is -0.420. The number of rotatable bonds is 6. The highest BCUT2D eigenvalue weighted by Crippen LogP contribution is 2.22. The van der Waals surface area contributed by atoms with Crippen LogP contribution in [0.3, 0.4) is 0 Å². The first-order valence-corrected chi connectivity index (χ1v) is 6.23. The number of aromatic nitrogens is 2. The van der Waals surface area contributed by atoms with E-state index >= 15 is 0 Å². The van der Waals surface area contributed by atoms with E-state index in [1.54, 1.807) is 0 Å². The van der Waals surface area contributed by atoms with Crippen molar-refractivity contribution in [1.82, 2.24) is 10.1 Å². The van der Waals surface area contributed by atoms with E-state index in [1.165, 1.54) is 24.3 Å². The van der Waals surface area contributed by atoms with Gasteiger partial charge in [0, 0.05) is 18.1 Å². The first kappa shape index (κ1) is 14.7. The van der Waals surface area contributed by atoms with Crippen LogP contribution in [0.25, 0.3) is 6.08 Å². The van der Waals surface area contributed by atoms with E-state index in [1.807, 2.05) is 6.92 Å². The second-order valence-electron chi connectivity index (χ2n) is 4.10. The summed E-state index contributed by atoms with van der Waals surface area (Å²) in [5.41, 5.74) is 0.316. The number of halogens is 1. The molecule has 0 spiro atoms. The van der Waals surface area contributed by atoms with Gasteiger partial charge in [0.05, 0.1) is 0 Å². The number of carboxylic acids is 1. The molecule has 1 aromatic heterocycles. The standard InChI is InChI=1S/C14H13FN2O4/c1-2-13-16-12(17-21-13)8-20-11-5-4-10(15)7-9(11)3-6-14(18)19/h3-7H,2,8H2,1H3,(H,18,19)/b6-3+. The Labute approximate surface area is 119 Å². The van der Waals surface area contributed by atoms with Gasteiger partial charge in [0.15, 0.2) is 6.61 Å². The van der Waals surface area contributed by atoms with Gasteiger partial charge in [-0.15, -0.1) is 0 Å². The number of hydrogen-bond donors (Lipinski definition) is 1. The molecule has 1 N–H and O–H groups in total. The maximum Gasteiger partial charge on any atom is 0.328 e. The summed E-state index contributed by atoms with van der Waals surface area (Å²) in [6, 6.07) is 3.82. The third kappa shape index (κ3) is 4.13. The maximum absolute atomic E-state index is 13.2. The Kier molecular flexibility index (Phi) is 4.65. The number of ether oxygens (including phenoxy) is 1. The number of carbonyl (C=O) groups is 1. The van der Waals surface area contributed by atoms with Crippen LogP contribution in [0.15, 0.2) is 28.8 Å². The number of nitrogens with zero attached hydrogens (tertiary/aromatic N) is 2. The van der Waals surface area contributed by atoms with Gasteiger partial charge in [-0.25, -0.2) is 9.18 Å². The second kappa shape index (κ2) is 6.65. The van der Waals surface area contributed by atoms with Gasteiger partial charge in [-0.1, -0.05) is 12.1 Å². The Morgan fingerprint density at radius 3 is 3.00 bits per heavy atom. The van der Waals surface area contributed by atoms with Gasteiger partial charge >= 0.3 is 5.97 Å². The molecule has 21 heavy (non-hydrogen) atoms. The fraction of sp³-hybridized carbons (Fsp3) is 0.214. The molecule has 0 amide bonds. The molecular weight excluding hydrogens is 279 g/mol. The molecule has 0 aliphatic rings. The minimum atomic E-state index is -1.13. The molecule has 6 nitrogen and oxygen atoms in total. The molecule has 0 saturated carbocycles. The molecule has 2 aromatic rings. The summed E-state index contributed by atoms with van der Waals surface area (Å²) in [4.78, 5) is 14.6. The van der Waals surface area contributed by atoms with Crippen molar-refractivity contribution in [1.29, 1.82) is 0 Å². The number of hydrogen-bond acceptors (Lipinski definition) is 5. The minimum Gasteiger partial charge on any atom is -0.485 e. The quantitative estimate of drug-likeness (QED) is 0.823. The van der Waals surface area contributed by atoms with Crippen molar-refractivity contribution < 1.29 is 23.6 Å². The number of aliphatic carboxylic acids is 1. The normalized spacial score (nSPS) is 11.0. The van der Waals surface area contributed by atoms with Gasteiger partial charge in [0.25, 0.3) is 0 Å². The fourth-order valence-electron chi connectivity index (χ4n) is 1.58. The molecule has 0 unspecified atom stereocenters. The molecular formula is C14H13FN2O4. The van der Waals surface area contributed by atoms with Crippen LogP contribution in [-0.4, -0.2) is 21.2 Å². The molecule has 2 rings (SSSR count). The van der Waals surface area contributed by atoms with E-state index < -0.39 is 11.8 Å². The highest BCUT2D eigenvalue weighted by atomic mass is 19.1. The van der Waals surface area contributed by atoms with Gasteiger partial charge in [0.2, 0.25) is 11.7 Å². The SMILES string of the molecule is CCc1nc(COc2ccc(F)cc2/C=C/C(=O)O)no1. The first-order valence-electron chi connectivity index (χ1n) is 6.23. The monoisotopic (exact) mass is 292 g/mol. The lowest BCUT2D eigenvalue weighted by molar-refractivity contribution is -0.131. The van der Waals surface area contributed by atoms with Crippen molar-refractivity contribution in [2.24, 2.45) is 0 Å². The van der Waals surface area contributed by atoms with Crippen LogP contribution in [0, 0.1) is 5.82 Å². The first-order chi connectivity index (χ1) is 10.1. The molecule has 1 aromatic carbocycles. The largest absolute Gasteiger partial charge is 0.485 e. The van der Waals surface area contributed by atoms with Crippen molar-refractivity contribution in [3.05, 3.63) is 47.4 Å². The second-order valence-corrected chi connectivity index (χ2v) is 4.10. The summed E-state index contributed by atoms with van der Waals surface area (Å²) >= 11 is 0. The van der Waals surface area contributed by atoms with Crippen LogP contribution in [-0.2, 0) is 17.8 Å². The van der Waals surface area contributed by atoms with Gasteiger partial charge in [-0.05, 0) is 24.3 Å². The summed E-state index contributed by atoms with van der Waals surface area (Å²) < 4.78 is 23.6. The number of aryl methyl sites for hydroxylation is 1. The molecule has 1 heterocycles. The lowest BCUT2D eigenvalue weighted by atomic mass is 10.2. The fourth-order valence-corrected chi connectivity index (χ4v) is 1.58. The predicted molar refractivity (Wildman–Crippen MR) is 71.1 cm³/mol. The number of carboxylic acid groups (broad SMARTS) is 1. The van der Waals surface area contributed by atoms with E-state index in [0.29, 0.717) is 29.4 Å². The van der Waals surface area contributed by atoms with Crippen molar-refractivity contribution >= 4 is 12.0 Å². The van der Waals surface area contributed by atoms with Crippen LogP contribution in [0.5, 0.6) is 5.75 Å². The number of benzene rings is 1. The van der Waals surface area contributed by atoms with E-state index in [9.17, 15) is 9.18 Å². The topological polar surface area (TPSA) is 85.5 Å². The molecule has 0 aliphatic carbocycles. The molecule has 0 bridgehead atoms. The average Bonchev–Trinajstić information content (AvgIpc) is 2.92. The Bertz CT molecular complexity index is 667. The van der Waals surface area contributed by atoms with Gasteiger partial charge in [-0.3, -0.25) is 0 Å². The predicted octanol–water partition coefficient (Wildman–Crippen LogP) is 2.45. The van der Waals surface area contributed by atoms with Crippen LogP contribution >= 0.6 is 0 Å². The van der Waals surface area contributed by atoms with Gasteiger partial charge in [0.1, 0.15) is 11.6 Å². The van der Waals surface area contributed by atoms with E-state index in [-0.39, 0.29) is 6.61 Å². The third-order valence-corrected chi connectivity index (χ3v) is 2.55. The molecule has 0 atom stereocenters. The van der Waals surface area contributed by atoms with Crippen molar-refractivity contribution in [3.63, 3.8) is 0 Å². The van der Waals surface area contributed by atoms with Crippen LogP contribution in [0.2, 0.25) is 0 Å². The summed E-state index contributed by atoms with van der Waals surface area (Å²) in [6.07, 6.45) is 2.79. The van der Waals surface area contributed by atoms with Crippen molar-refractivity contribution in [2.45, 2.75) is 20.0 Å². The smallest absolute Gasteiger partial charge is 0.328 e. The Hall–Kier alpha value is -2.70. The molecule has 110 valence electrons. The Morgan fingerprint density at radius 2 is 2.33 bits per heavy atom. The van der Waals surface area contributed by atoms with Gasteiger partial charge < -0.3 is 14.4 Å². The summed E-state index contributed by atoms with van der Waals surface area (Å²) in [5, 5.41) is 12.3. The molecule has 0 fully saturated rings. The maximum atomic E-state index is 13.2. The zero-order chi connectivity index (χ0) is 15.2. The van der Waals surface area contributed by atoms with E-state index in [0.717, 1.165) is 6.08 Å². The van der Waals surface area contributed by atoms with Crippen LogP contribution in [0.4, 0.5) is 4.39 Å². The van der Waals surface area contributed by atoms with Gasteiger partial charge in [-0.2, -0.15) is 4.98 Å². The highest BCUT2D eigenvalue weighted by molar-refractivity contribution is 5.85. The van der Waals surface area contributed by atoms with Crippen LogP contribution in [0.1, 0.15) is 24.2 Å². The van der Waals surface area contributed by atoms with E-state index in [2.05, 4.69) is 10.1 Å². The summed E-state index contributed by atoms with van der Waals surface area (Å²) in [7, 11) is 0. The highest BCUT2D eigenvalue weighted by Gasteiger charge is 2.08. The zero-order valence-electron chi connectivity index (χ0n) is 11.2. The lowest BCUT2D eigenvalue weighted by Crippen LogP contribution is -1.99. The van der Waals surface area contributed by atoms with Crippen molar-refractivity contribution in [3.8, 4) is 5.75 Å². The molecule has 7 heteroatoms. The summed E-state index contributed by atoms with van der Waals surface area (Å²) in [6.45, 7) is 1.93. The molecule has 0 aliphatic heterocycles. The zero-order valence-corrected chi connectivity index (χ0v) is 11.2.